The van der Waals surface area contributed by atoms with Crippen molar-refractivity contribution in [3.05, 3.63) is 11.7 Å². The zero-order valence-electron chi connectivity index (χ0n) is 9.69. The van der Waals surface area contributed by atoms with Gasteiger partial charge in [-0.2, -0.15) is 16.7 Å². The summed E-state index contributed by atoms with van der Waals surface area (Å²) in [5.74, 6) is 3.04. The Morgan fingerprint density at radius 3 is 3.12 bits per heavy atom. The molecular formula is C11H19N3OS. The molecule has 5 heteroatoms. The zero-order valence-corrected chi connectivity index (χ0v) is 10.5. The third-order valence-corrected chi connectivity index (χ3v) is 4.32. The first-order valence-electron chi connectivity index (χ1n) is 6.00. The predicted molar refractivity (Wildman–Crippen MR) is 65.4 cm³/mol. The monoisotopic (exact) mass is 241 g/mol. The fraction of sp³-hybridized carbons (Fsp3) is 0.818. The molecule has 2 rings (SSSR count). The van der Waals surface area contributed by atoms with Crippen LogP contribution in [0.4, 0.5) is 0 Å². The van der Waals surface area contributed by atoms with Gasteiger partial charge in [-0.25, -0.2) is 0 Å². The number of rotatable bonds is 5. The van der Waals surface area contributed by atoms with Crippen molar-refractivity contribution < 1.29 is 4.52 Å². The molecule has 0 aliphatic carbocycles. The lowest BCUT2D eigenvalue weighted by Gasteiger charge is -2.07. The van der Waals surface area contributed by atoms with Crippen LogP contribution in [0.25, 0.3) is 0 Å². The van der Waals surface area contributed by atoms with Gasteiger partial charge < -0.3 is 10.3 Å². The van der Waals surface area contributed by atoms with E-state index in [1.54, 1.807) is 0 Å². The third kappa shape index (κ3) is 2.58. The number of nitrogens with zero attached hydrogens (tertiary/aromatic N) is 2. The van der Waals surface area contributed by atoms with Crippen molar-refractivity contribution in [3.63, 3.8) is 0 Å². The Bertz CT molecular complexity index is 323. The number of thioether (sulfide) groups is 1. The summed E-state index contributed by atoms with van der Waals surface area (Å²) < 4.78 is 5.33. The van der Waals surface area contributed by atoms with Crippen molar-refractivity contribution in [1.82, 2.24) is 10.1 Å². The topological polar surface area (TPSA) is 64.9 Å². The van der Waals surface area contributed by atoms with E-state index in [1.165, 1.54) is 18.6 Å². The Balaban J connectivity index is 2.05. The lowest BCUT2D eigenvalue weighted by Crippen LogP contribution is -2.12. The SMILES string of the molecule is CCCC(CN)c1nc(C2CCCS2)no1. The summed E-state index contributed by atoms with van der Waals surface area (Å²) in [6.07, 6.45) is 4.55. The molecule has 0 bridgehead atoms. The second-order valence-electron chi connectivity index (χ2n) is 4.21. The second-order valence-corrected chi connectivity index (χ2v) is 5.52. The van der Waals surface area contributed by atoms with Crippen LogP contribution < -0.4 is 5.73 Å². The highest BCUT2D eigenvalue weighted by molar-refractivity contribution is 7.99. The maximum atomic E-state index is 5.72. The molecule has 90 valence electrons. The molecule has 1 aromatic rings. The average Bonchev–Trinajstić information content (AvgIpc) is 2.95. The molecule has 16 heavy (non-hydrogen) atoms. The first-order chi connectivity index (χ1) is 7.85. The molecule has 1 saturated heterocycles. The molecule has 0 saturated carbocycles. The van der Waals surface area contributed by atoms with E-state index in [2.05, 4.69) is 17.1 Å². The van der Waals surface area contributed by atoms with E-state index in [0.717, 1.165) is 24.6 Å². The van der Waals surface area contributed by atoms with Crippen LogP contribution in [0.15, 0.2) is 4.52 Å². The van der Waals surface area contributed by atoms with Gasteiger partial charge >= 0.3 is 0 Å². The van der Waals surface area contributed by atoms with E-state index >= 15 is 0 Å². The van der Waals surface area contributed by atoms with Gasteiger partial charge in [0.1, 0.15) is 0 Å². The van der Waals surface area contributed by atoms with Crippen LogP contribution in [0.3, 0.4) is 0 Å². The molecule has 2 N–H and O–H groups in total. The average molecular weight is 241 g/mol. The number of nitrogens with two attached hydrogens (primary N) is 1. The smallest absolute Gasteiger partial charge is 0.231 e. The lowest BCUT2D eigenvalue weighted by atomic mass is 10.0. The van der Waals surface area contributed by atoms with Gasteiger partial charge in [0.25, 0.3) is 0 Å². The van der Waals surface area contributed by atoms with E-state index in [0.29, 0.717) is 11.8 Å². The minimum absolute atomic E-state index is 0.234. The van der Waals surface area contributed by atoms with Gasteiger partial charge in [0.15, 0.2) is 5.82 Å². The van der Waals surface area contributed by atoms with Crippen LogP contribution in [-0.2, 0) is 0 Å². The van der Waals surface area contributed by atoms with Crippen LogP contribution in [0, 0.1) is 0 Å². The van der Waals surface area contributed by atoms with Gasteiger partial charge in [-0.15, -0.1) is 0 Å². The van der Waals surface area contributed by atoms with Crippen molar-refractivity contribution in [2.24, 2.45) is 5.73 Å². The van der Waals surface area contributed by atoms with Crippen LogP contribution in [0.1, 0.15) is 55.5 Å². The van der Waals surface area contributed by atoms with Crippen LogP contribution >= 0.6 is 11.8 Å². The Hall–Kier alpha value is -0.550. The standard InChI is InChI=1S/C11H19N3OS/c1-2-4-8(7-12)11-13-10(14-15-11)9-5-3-6-16-9/h8-9H,2-7,12H2,1H3. The summed E-state index contributed by atoms with van der Waals surface area (Å²) in [6, 6.07) is 0. The molecule has 2 unspecified atom stereocenters. The molecule has 4 nitrogen and oxygen atoms in total. The van der Waals surface area contributed by atoms with E-state index in [-0.39, 0.29) is 5.92 Å². The Morgan fingerprint density at radius 2 is 2.50 bits per heavy atom. The highest BCUT2D eigenvalue weighted by atomic mass is 32.2. The van der Waals surface area contributed by atoms with Gasteiger partial charge in [0.05, 0.1) is 11.2 Å². The molecule has 1 aliphatic heterocycles. The molecular weight excluding hydrogens is 222 g/mol. The minimum atomic E-state index is 0.234. The second kappa shape index (κ2) is 5.68. The summed E-state index contributed by atoms with van der Waals surface area (Å²) >= 11 is 1.93. The van der Waals surface area contributed by atoms with Gasteiger partial charge in [0.2, 0.25) is 5.89 Å². The number of hydrogen-bond acceptors (Lipinski definition) is 5. The normalized spacial score (nSPS) is 22.5. The van der Waals surface area contributed by atoms with Crippen molar-refractivity contribution in [2.75, 3.05) is 12.3 Å². The molecule has 1 aliphatic rings. The predicted octanol–water partition coefficient (Wildman–Crippen LogP) is 2.48. The highest BCUT2D eigenvalue weighted by Gasteiger charge is 2.24. The van der Waals surface area contributed by atoms with Gasteiger partial charge in [0, 0.05) is 6.54 Å². The summed E-state index contributed by atoms with van der Waals surface area (Å²) in [6.45, 7) is 2.74. The van der Waals surface area contributed by atoms with E-state index in [9.17, 15) is 0 Å². The van der Waals surface area contributed by atoms with Crippen molar-refractivity contribution in [2.45, 2.75) is 43.8 Å². The Morgan fingerprint density at radius 1 is 1.62 bits per heavy atom. The van der Waals surface area contributed by atoms with Crippen molar-refractivity contribution >= 4 is 11.8 Å². The summed E-state index contributed by atoms with van der Waals surface area (Å²) in [5.41, 5.74) is 5.72. The van der Waals surface area contributed by atoms with Gasteiger partial charge in [-0.05, 0) is 25.0 Å². The summed E-state index contributed by atoms with van der Waals surface area (Å²) in [5, 5.41) is 4.53. The van der Waals surface area contributed by atoms with Crippen LogP contribution in [0.5, 0.6) is 0 Å². The van der Waals surface area contributed by atoms with Gasteiger partial charge in [-0.1, -0.05) is 18.5 Å². The van der Waals surface area contributed by atoms with Crippen molar-refractivity contribution in [1.29, 1.82) is 0 Å². The first kappa shape index (κ1) is 11.9. The summed E-state index contributed by atoms with van der Waals surface area (Å²) in [4.78, 5) is 4.50. The molecule has 0 radical (unpaired) electrons. The van der Waals surface area contributed by atoms with Crippen molar-refractivity contribution in [3.8, 4) is 0 Å². The lowest BCUT2D eigenvalue weighted by molar-refractivity contribution is 0.343. The molecule has 0 spiro atoms. The van der Waals surface area contributed by atoms with E-state index in [1.807, 2.05) is 11.8 Å². The quantitative estimate of drug-likeness (QED) is 0.858. The number of hydrogen-bond donors (Lipinski definition) is 1. The number of aromatic nitrogens is 2. The highest BCUT2D eigenvalue weighted by Crippen LogP contribution is 2.38. The largest absolute Gasteiger partial charge is 0.339 e. The van der Waals surface area contributed by atoms with Crippen LogP contribution in [-0.4, -0.2) is 22.4 Å². The van der Waals surface area contributed by atoms with Crippen LogP contribution in [0.2, 0.25) is 0 Å². The fourth-order valence-corrected chi connectivity index (χ4v) is 3.21. The Kier molecular flexibility index (Phi) is 4.23. The molecule has 0 amide bonds. The maximum absolute atomic E-state index is 5.72. The molecule has 2 heterocycles. The first-order valence-corrected chi connectivity index (χ1v) is 7.05. The molecule has 1 fully saturated rings. The molecule has 1 aromatic heterocycles. The third-order valence-electron chi connectivity index (χ3n) is 2.95. The van der Waals surface area contributed by atoms with E-state index in [4.69, 9.17) is 10.3 Å². The fourth-order valence-electron chi connectivity index (χ4n) is 2.02. The van der Waals surface area contributed by atoms with Gasteiger partial charge in [-0.3, -0.25) is 0 Å². The Labute approximate surface area is 100 Å². The minimum Gasteiger partial charge on any atom is -0.339 e. The molecule has 0 aromatic carbocycles. The summed E-state index contributed by atoms with van der Waals surface area (Å²) in [7, 11) is 0. The zero-order chi connectivity index (χ0) is 11.4. The van der Waals surface area contributed by atoms with E-state index < -0.39 is 0 Å². The maximum Gasteiger partial charge on any atom is 0.231 e. The molecule has 2 atom stereocenters.